The number of para-hydroxylation sites is 1. The smallest absolute Gasteiger partial charge is 0.261 e. The van der Waals surface area contributed by atoms with Crippen molar-refractivity contribution in [2.24, 2.45) is 0 Å². The van der Waals surface area contributed by atoms with E-state index in [1.54, 1.807) is 42.7 Å². The van der Waals surface area contributed by atoms with Gasteiger partial charge in [-0.05, 0) is 48.5 Å². The first-order chi connectivity index (χ1) is 15.0. The molecule has 9 heteroatoms. The van der Waals surface area contributed by atoms with Crippen LogP contribution < -0.4 is 10.0 Å². The van der Waals surface area contributed by atoms with E-state index >= 15 is 0 Å². The lowest BCUT2D eigenvalue weighted by Gasteiger charge is -2.09. The number of carbonyl (C=O) groups is 1. The van der Waals surface area contributed by atoms with Crippen LogP contribution in [0.4, 0.5) is 5.69 Å². The second-order valence-corrected chi connectivity index (χ2v) is 9.17. The number of rotatable bonds is 7. The molecule has 1 amide bonds. The molecule has 156 valence electrons. The zero-order valence-electron chi connectivity index (χ0n) is 16.2. The lowest BCUT2D eigenvalue weighted by Crippen LogP contribution is -2.22. The van der Waals surface area contributed by atoms with Crippen molar-refractivity contribution >= 4 is 33.0 Å². The van der Waals surface area contributed by atoms with Gasteiger partial charge in [-0.2, -0.15) is 0 Å². The predicted molar refractivity (Wildman–Crippen MR) is 120 cm³/mol. The van der Waals surface area contributed by atoms with Gasteiger partial charge in [0.15, 0.2) is 0 Å². The Morgan fingerprint density at radius 1 is 0.935 bits per heavy atom. The fourth-order valence-electron chi connectivity index (χ4n) is 2.81. The molecule has 4 rings (SSSR count). The molecule has 0 bridgehead atoms. The van der Waals surface area contributed by atoms with Crippen LogP contribution in [0.5, 0.6) is 0 Å². The Labute approximate surface area is 183 Å². The molecule has 0 atom stereocenters. The van der Waals surface area contributed by atoms with Gasteiger partial charge >= 0.3 is 0 Å². The molecule has 0 fully saturated rings. The third kappa shape index (κ3) is 5.14. The zero-order chi connectivity index (χ0) is 21.7. The van der Waals surface area contributed by atoms with E-state index in [1.807, 2.05) is 17.5 Å². The molecule has 7 nitrogen and oxygen atoms in total. The summed E-state index contributed by atoms with van der Waals surface area (Å²) in [5.41, 5.74) is 2.63. The number of thiazole rings is 1. The molecular formula is C22H18N4O3S2. The number of nitrogens with zero attached hydrogens (tertiary/aromatic N) is 2. The van der Waals surface area contributed by atoms with Crippen LogP contribution in [0.25, 0.3) is 11.3 Å². The summed E-state index contributed by atoms with van der Waals surface area (Å²) in [6.07, 6.45) is 3.41. The molecule has 2 N–H and O–H groups in total. The average molecular weight is 451 g/mol. The number of amides is 1. The van der Waals surface area contributed by atoms with Crippen molar-refractivity contribution in [3.63, 3.8) is 0 Å². The minimum atomic E-state index is -3.73. The first-order valence-electron chi connectivity index (χ1n) is 9.32. The second-order valence-electron chi connectivity index (χ2n) is 6.54. The highest BCUT2D eigenvalue weighted by Crippen LogP contribution is 2.21. The quantitative estimate of drug-likeness (QED) is 0.444. The average Bonchev–Trinajstić information content (AvgIpc) is 3.28. The summed E-state index contributed by atoms with van der Waals surface area (Å²) in [5, 5.41) is 5.51. The van der Waals surface area contributed by atoms with E-state index in [0.29, 0.717) is 11.3 Å². The topological polar surface area (TPSA) is 101 Å². The largest absolute Gasteiger partial charge is 0.346 e. The first kappa shape index (κ1) is 20.7. The number of nitrogens with one attached hydrogen (secondary N) is 2. The van der Waals surface area contributed by atoms with Crippen molar-refractivity contribution in [3.8, 4) is 11.3 Å². The molecule has 0 unspecified atom stereocenters. The number of carbonyl (C=O) groups excluding carboxylic acids is 1. The van der Waals surface area contributed by atoms with Gasteiger partial charge < -0.3 is 5.32 Å². The summed E-state index contributed by atoms with van der Waals surface area (Å²) in [4.78, 5) is 21.0. The Morgan fingerprint density at radius 3 is 2.35 bits per heavy atom. The Morgan fingerprint density at radius 2 is 1.65 bits per heavy atom. The van der Waals surface area contributed by atoms with E-state index < -0.39 is 10.0 Å². The van der Waals surface area contributed by atoms with Crippen LogP contribution in [0.3, 0.4) is 0 Å². The fraction of sp³-hybridized carbons (Fsp3) is 0.0455. The van der Waals surface area contributed by atoms with Crippen molar-refractivity contribution in [2.45, 2.75) is 11.4 Å². The molecule has 0 aliphatic rings. The molecule has 0 spiro atoms. The van der Waals surface area contributed by atoms with Crippen LogP contribution >= 0.6 is 11.3 Å². The maximum Gasteiger partial charge on any atom is 0.261 e. The van der Waals surface area contributed by atoms with Gasteiger partial charge in [0.2, 0.25) is 0 Å². The number of hydrogen-bond acceptors (Lipinski definition) is 6. The first-order valence-corrected chi connectivity index (χ1v) is 11.7. The molecule has 0 saturated carbocycles. The van der Waals surface area contributed by atoms with Crippen molar-refractivity contribution in [3.05, 3.63) is 95.1 Å². The number of benzene rings is 2. The third-order valence-corrected chi connectivity index (χ3v) is 6.63. The molecular weight excluding hydrogens is 432 g/mol. The van der Waals surface area contributed by atoms with Crippen LogP contribution in [-0.2, 0) is 16.6 Å². The molecule has 0 radical (unpaired) electrons. The van der Waals surface area contributed by atoms with Crippen LogP contribution in [0.1, 0.15) is 15.4 Å². The van der Waals surface area contributed by atoms with Crippen LogP contribution in [0, 0.1) is 0 Å². The van der Waals surface area contributed by atoms with Crippen molar-refractivity contribution in [1.29, 1.82) is 0 Å². The minimum absolute atomic E-state index is 0.0785. The summed E-state index contributed by atoms with van der Waals surface area (Å²) < 4.78 is 27.5. The number of sulfonamides is 1. The molecule has 2 aromatic carbocycles. The van der Waals surface area contributed by atoms with Crippen LogP contribution in [0.2, 0.25) is 0 Å². The predicted octanol–water partition coefficient (Wildman–Crippen LogP) is 3.94. The van der Waals surface area contributed by atoms with Gasteiger partial charge in [0.05, 0.1) is 17.1 Å². The summed E-state index contributed by atoms with van der Waals surface area (Å²) in [7, 11) is -3.73. The Kier molecular flexibility index (Phi) is 6.06. The van der Waals surface area contributed by atoms with Crippen molar-refractivity contribution < 1.29 is 13.2 Å². The molecule has 0 aliphatic carbocycles. The summed E-state index contributed by atoms with van der Waals surface area (Å²) >= 11 is 1.45. The van der Waals surface area contributed by atoms with E-state index in [9.17, 15) is 13.2 Å². The van der Waals surface area contributed by atoms with Gasteiger partial charge in [0.1, 0.15) is 5.01 Å². The lowest BCUT2D eigenvalue weighted by molar-refractivity contribution is 0.0950. The highest BCUT2D eigenvalue weighted by molar-refractivity contribution is 7.92. The highest BCUT2D eigenvalue weighted by Gasteiger charge is 2.15. The van der Waals surface area contributed by atoms with Crippen LogP contribution in [0.15, 0.2) is 89.4 Å². The lowest BCUT2D eigenvalue weighted by atomic mass is 10.2. The molecule has 2 heterocycles. The van der Waals surface area contributed by atoms with E-state index in [0.717, 1.165) is 16.3 Å². The standard InChI is InChI=1S/C22H18N4O3S2/c27-22(24-14-21-25-20(15-30-21)16-10-12-23-13-11-16)17-6-8-19(9-7-17)31(28,29)26-18-4-2-1-3-5-18/h1-13,15,26H,14H2,(H,24,27). The zero-order valence-corrected chi connectivity index (χ0v) is 17.9. The van der Waals surface area contributed by atoms with Crippen molar-refractivity contribution in [2.75, 3.05) is 4.72 Å². The summed E-state index contributed by atoms with van der Waals surface area (Å²) in [5.74, 6) is -0.305. The Bertz CT molecular complexity index is 1270. The molecule has 0 saturated heterocycles. The monoisotopic (exact) mass is 450 g/mol. The molecule has 4 aromatic rings. The van der Waals surface area contributed by atoms with Gasteiger partial charge in [-0.3, -0.25) is 14.5 Å². The van der Waals surface area contributed by atoms with Gasteiger partial charge in [0.25, 0.3) is 15.9 Å². The normalized spacial score (nSPS) is 11.1. The SMILES string of the molecule is O=C(NCc1nc(-c2ccncc2)cs1)c1ccc(S(=O)(=O)Nc2ccccc2)cc1. The van der Waals surface area contributed by atoms with Gasteiger partial charge in [-0.15, -0.1) is 11.3 Å². The van der Waals surface area contributed by atoms with Crippen molar-refractivity contribution in [1.82, 2.24) is 15.3 Å². The number of anilines is 1. The van der Waals surface area contributed by atoms with E-state index in [2.05, 4.69) is 20.0 Å². The highest BCUT2D eigenvalue weighted by atomic mass is 32.2. The maximum atomic E-state index is 12.5. The van der Waals surface area contributed by atoms with Gasteiger partial charge in [-0.25, -0.2) is 13.4 Å². The summed E-state index contributed by atoms with van der Waals surface area (Å²) in [6.45, 7) is 0.282. The third-order valence-electron chi connectivity index (χ3n) is 4.38. The fourth-order valence-corrected chi connectivity index (χ4v) is 4.61. The molecule has 31 heavy (non-hydrogen) atoms. The Hall–Kier alpha value is -3.56. The molecule has 2 aromatic heterocycles. The van der Waals surface area contributed by atoms with Crippen LogP contribution in [-0.4, -0.2) is 24.3 Å². The summed E-state index contributed by atoms with van der Waals surface area (Å²) in [6, 6.07) is 18.2. The number of pyridine rings is 1. The maximum absolute atomic E-state index is 12.5. The molecule has 0 aliphatic heterocycles. The number of hydrogen-bond donors (Lipinski definition) is 2. The van der Waals surface area contributed by atoms with E-state index in [4.69, 9.17) is 0 Å². The van der Waals surface area contributed by atoms with E-state index in [1.165, 1.54) is 35.6 Å². The van der Waals surface area contributed by atoms with Gasteiger partial charge in [0, 0.05) is 34.6 Å². The number of aromatic nitrogens is 2. The van der Waals surface area contributed by atoms with Gasteiger partial charge in [-0.1, -0.05) is 18.2 Å². The minimum Gasteiger partial charge on any atom is -0.346 e. The van der Waals surface area contributed by atoms with E-state index in [-0.39, 0.29) is 17.3 Å². The Balaban J connectivity index is 1.38. The second kappa shape index (κ2) is 9.07.